The molecular weight excluding hydrogens is 304 g/mol. The van der Waals surface area contributed by atoms with Crippen molar-refractivity contribution in [2.75, 3.05) is 56.0 Å². The topological polar surface area (TPSA) is 55.9 Å². The maximum atomic E-state index is 12.2. The van der Waals surface area contributed by atoms with Crippen molar-refractivity contribution in [3.8, 4) is 0 Å². The van der Waals surface area contributed by atoms with Gasteiger partial charge in [0.15, 0.2) is 0 Å². The van der Waals surface area contributed by atoms with Gasteiger partial charge in [-0.25, -0.2) is 0 Å². The van der Waals surface area contributed by atoms with E-state index in [1.807, 2.05) is 4.90 Å². The van der Waals surface area contributed by atoms with E-state index in [4.69, 9.17) is 0 Å². The molecule has 1 fully saturated rings. The number of piperazine rings is 1. The van der Waals surface area contributed by atoms with Gasteiger partial charge < -0.3 is 20.0 Å². The van der Waals surface area contributed by atoms with Gasteiger partial charge in [-0.1, -0.05) is 0 Å². The normalized spacial score (nSPS) is 14.4. The second kappa shape index (κ2) is 9.15. The van der Waals surface area contributed by atoms with Crippen LogP contribution in [0.5, 0.6) is 0 Å². The van der Waals surface area contributed by atoms with Crippen LogP contribution in [0.2, 0.25) is 0 Å². The standard InChI is InChI=1S/C18H28N4O2/c1-3-21(4-2)17-7-5-16(6-8-17)19-10-9-18(24)22-13-11-20(15-23)12-14-22/h5-8,15,19H,3-4,9-14H2,1-2H3. The van der Waals surface area contributed by atoms with Crippen LogP contribution in [0.4, 0.5) is 11.4 Å². The summed E-state index contributed by atoms with van der Waals surface area (Å²) < 4.78 is 0. The van der Waals surface area contributed by atoms with Gasteiger partial charge in [-0.15, -0.1) is 0 Å². The summed E-state index contributed by atoms with van der Waals surface area (Å²) in [7, 11) is 0. The molecule has 0 radical (unpaired) electrons. The minimum absolute atomic E-state index is 0.146. The summed E-state index contributed by atoms with van der Waals surface area (Å²) >= 11 is 0. The van der Waals surface area contributed by atoms with E-state index < -0.39 is 0 Å². The molecule has 0 bridgehead atoms. The van der Waals surface area contributed by atoms with Gasteiger partial charge in [-0.3, -0.25) is 9.59 Å². The van der Waals surface area contributed by atoms with Crippen molar-refractivity contribution in [3.05, 3.63) is 24.3 Å². The van der Waals surface area contributed by atoms with E-state index in [2.05, 4.69) is 48.3 Å². The molecule has 1 heterocycles. The first kappa shape index (κ1) is 18.1. The maximum absolute atomic E-state index is 12.2. The molecule has 2 amide bonds. The lowest BCUT2D eigenvalue weighted by molar-refractivity contribution is -0.134. The number of hydrogen-bond donors (Lipinski definition) is 1. The first-order valence-corrected chi connectivity index (χ1v) is 8.74. The number of carbonyl (C=O) groups is 2. The van der Waals surface area contributed by atoms with E-state index >= 15 is 0 Å². The number of benzene rings is 1. The number of carbonyl (C=O) groups excluding carboxylic acids is 2. The Morgan fingerprint density at radius 3 is 2.29 bits per heavy atom. The molecule has 6 heteroatoms. The summed E-state index contributed by atoms with van der Waals surface area (Å²) in [4.78, 5) is 28.7. The summed E-state index contributed by atoms with van der Waals surface area (Å²) in [6.45, 7) is 9.45. The lowest BCUT2D eigenvalue weighted by atomic mass is 10.2. The van der Waals surface area contributed by atoms with E-state index in [0.29, 0.717) is 39.1 Å². The zero-order valence-corrected chi connectivity index (χ0v) is 14.7. The molecule has 1 N–H and O–H groups in total. The van der Waals surface area contributed by atoms with Crippen molar-refractivity contribution >= 4 is 23.7 Å². The zero-order valence-electron chi connectivity index (χ0n) is 14.7. The third-order valence-corrected chi connectivity index (χ3v) is 4.48. The maximum Gasteiger partial charge on any atom is 0.224 e. The van der Waals surface area contributed by atoms with Crippen LogP contribution in [-0.2, 0) is 9.59 Å². The van der Waals surface area contributed by atoms with E-state index in [9.17, 15) is 9.59 Å². The molecule has 0 aliphatic carbocycles. The van der Waals surface area contributed by atoms with Crippen LogP contribution in [0, 0.1) is 0 Å². The predicted molar refractivity (Wildman–Crippen MR) is 97.3 cm³/mol. The fourth-order valence-corrected chi connectivity index (χ4v) is 2.93. The molecular formula is C18H28N4O2. The first-order chi connectivity index (χ1) is 11.7. The average Bonchev–Trinajstić information content (AvgIpc) is 2.64. The molecule has 1 aliphatic heterocycles. The highest BCUT2D eigenvalue weighted by atomic mass is 16.2. The van der Waals surface area contributed by atoms with Gasteiger partial charge in [0.25, 0.3) is 0 Å². The van der Waals surface area contributed by atoms with Gasteiger partial charge in [-0.2, -0.15) is 0 Å². The Labute approximate surface area is 144 Å². The van der Waals surface area contributed by atoms with E-state index in [1.54, 1.807) is 4.90 Å². The fraction of sp³-hybridized carbons (Fsp3) is 0.556. The molecule has 1 aromatic rings. The van der Waals surface area contributed by atoms with Crippen molar-refractivity contribution in [2.24, 2.45) is 0 Å². The van der Waals surface area contributed by atoms with E-state index in [0.717, 1.165) is 25.2 Å². The molecule has 2 rings (SSSR count). The van der Waals surface area contributed by atoms with Crippen molar-refractivity contribution < 1.29 is 9.59 Å². The monoisotopic (exact) mass is 332 g/mol. The largest absolute Gasteiger partial charge is 0.385 e. The highest BCUT2D eigenvalue weighted by molar-refractivity contribution is 5.77. The molecule has 1 saturated heterocycles. The van der Waals surface area contributed by atoms with Crippen molar-refractivity contribution in [2.45, 2.75) is 20.3 Å². The molecule has 24 heavy (non-hydrogen) atoms. The van der Waals surface area contributed by atoms with E-state index in [1.165, 1.54) is 5.69 Å². The molecule has 132 valence electrons. The number of hydrogen-bond acceptors (Lipinski definition) is 4. The molecule has 0 unspecified atom stereocenters. The summed E-state index contributed by atoms with van der Waals surface area (Å²) in [5.74, 6) is 0.146. The smallest absolute Gasteiger partial charge is 0.224 e. The van der Waals surface area contributed by atoms with Gasteiger partial charge >= 0.3 is 0 Å². The van der Waals surface area contributed by atoms with Crippen LogP contribution >= 0.6 is 0 Å². The van der Waals surface area contributed by atoms with Crippen molar-refractivity contribution in [1.29, 1.82) is 0 Å². The second-order valence-electron chi connectivity index (χ2n) is 5.92. The lowest BCUT2D eigenvalue weighted by Crippen LogP contribution is -2.48. The Morgan fingerprint density at radius 2 is 1.75 bits per heavy atom. The summed E-state index contributed by atoms with van der Waals surface area (Å²) in [6.07, 6.45) is 1.32. The Balaban J connectivity index is 1.73. The van der Waals surface area contributed by atoms with Crippen molar-refractivity contribution in [3.63, 3.8) is 0 Å². The molecule has 1 aliphatic rings. The summed E-state index contributed by atoms with van der Waals surface area (Å²) in [5.41, 5.74) is 2.25. The highest BCUT2D eigenvalue weighted by Crippen LogP contribution is 2.17. The zero-order chi connectivity index (χ0) is 17.4. The third kappa shape index (κ3) is 4.88. The first-order valence-electron chi connectivity index (χ1n) is 8.74. The van der Waals surface area contributed by atoms with Gasteiger partial charge in [0.05, 0.1) is 0 Å². The third-order valence-electron chi connectivity index (χ3n) is 4.48. The van der Waals surface area contributed by atoms with Gasteiger partial charge in [0, 0.05) is 63.6 Å². The molecule has 0 spiro atoms. The van der Waals surface area contributed by atoms with Gasteiger partial charge in [0.2, 0.25) is 12.3 Å². The van der Waals surface area contributed by atoms with Gasteiger partial charge in [-0.05, 0) is 38.1 Å². The SMILES string of the molecule is CCN(CC)c1ccc(NCCC(=O)N2CCN(C=O)CC2)cc1. The number of rotatable bonds is 8. The van der Waals surface area contributed by atoms with Crippen LogP contribution in [0.3, 0.4) is 0 Å². The van der Waals surface area contributed by atoms with Crippen LogP contribution in [0.25, 0.3) is 0 Å². The fourth-order valence-electron chi connectivity index (χ4n) is 2.93. The Kier molecular flexibility index (Phi) is 6.90. The molecule has 0 atom stereocenters. The minimum atomic E-state index is 0.146. The van der Waals surface area contributed by atoms with Crippen LogP contribution < -0.4 is 10.2 Å². The number of anilines is 2. The van der Waals surface area contributed by atoms with Crippen LogP contribution in [0.15, 0.2) is 24.3 Å². The summed E-state index contributed by atoms with van der Waals surface area (Å²) in [5, 5.41) is 3.30. The second-order valence-corrected chi connectivity index (χ2v) is 5.92. The molecule has 6 nitrogen and oxygen atoms in total. The molecule has 1 aromatic carbocycles. The number of amides is 2. The molecule has 0 saturated carbocycles. The Morgan fingerprint density at radius 1 is 1.12 bits per heavy atom. The Bertz CT molecular complexity index is 520. The molecule has 0 aromatic heterocycles. The average molecular weight is 332 g/mol. The summed E-state index contributed by atoms with van der Waals surface area (Å²) in [6, 6.07) is 8.33. The predicted octanol–water partition coefficient (Wildman–Crippen LogP) is 1.64. The van der Waals surface area contributed by atoms with Crippen LogP contribution in [-0.4, -0.2) is 67.9 Å². The number of nitrogens with one attached hydrogen (secondary N) is 1. The van der Waals surface area contributed by atoms with E-state index in [-0.39, 0.29) is 5.91 Å². The van der Waals surface area contributed by atoms with Gasteiger partial charge in [0.1, 0.15) is 0 Å². The minimum Gasteiger partial charge on any atom is -0.385 e. The Hall–Kier alpha value is -2.24. The highest BCUT2D eigenvalue weighted by Gasteiger charge is 2.19. The lowest BCUT2D eigenvalue weighted by Gasteiger charge is -2.32. The van der Waals surface area contributed by atoms with Crippen molar-refractivity contribution in [1.82, 2.24) is 9.80 Å². The van der Waals surface area contributed by atoms with Crippen LogP contribution in [0.1, 0.15) is 20.3 Å². The number of nitrogens with zero attached hydrogens (tertiary/aromatic N) is 3. The quantitative estimate of drug-likeness (QED) is 0.735.